The number of hydrogen-bond donors (Lipinski definition) is 0. The zero-order valence-corrected chi connectivity index (χ0v) is 24.6. The standard InChI is InChI=1S/C32H44N4O4/c1-22(2)40-28-15-8-24-18-30(37)36(32(39-5)29(24)19-28)27-13-11-25(12-14-27)34(4)20-23-6-9-26(10-7-23)35-17-16-33(3)31(38)21-35/h8,11-15,19,22-23,26,32H,6-7,9-10,16-18,20-21H2,1-5H3. The third-order valence-electron chi connectivity index (χ3n) is 8.74. The molecule has 3 aliphatic rings. The molecule has 0 aromatic heterocycles. The maximum Gasteiger partial charge on any atom is 0.236 e. The van der Waals surface area contributed by atoms with Crippen molar-refractivity contribution in [3.63, 3.8) is 0 Å². The SMILES string of the molecule is COC1c2cc(OC(C)C)ccc2CC(=O)N1c1ccc(N(C)CC2CCC(N3CCN(C)C(=O)C3)CC2)cc1. The molecule has 216 valence electrons. The predicted octanol–water partition coefficient (Wildman–Crippen LogP) is 4.48. The molecule has 2 aromatic carbocycles. The molecule has 0 bridgehead atoms. The van der Waals surface area contributed by atoms with Crippen LogP contribution in [-0.2, 0) is 20.7 Å². The first-order valence-electron chi connectivity index (χ1n) is 14.7. The molecule has 0 radical (unpaired) electrons. The van der Waals surface area contributed by atoms with Gasteiger partial charge < -0.3 is 19.3 Å². The van der Waals surface area contributed by atoms with Crippen LogP contribution in [0.15, 0.2) is 42.5 Å². The van der Waals surface area contributed by atoms with Crippen LogP contribution in [0.4, 0.5) is 11.4 Å². The van der Waals surface area contributed by atoms with Gasteiger partial charge in [-0.1, -0.05) is 6.07 Å². The molecule has 0 spiro atoms. The van der Waals surface area contributed by atoms with E-state index in [4.69, 9.17) is 9.47 Å². The van der Waals surface area contributed by atoms with Crippen LogP contribution in [0, 0.1) is 5.92 Å². The molecular formula is C32H44N4O4. The molecule has 8 heteroatoms. The number of anilines is 2. The minimum absolute atomic E-state index is 0.0248. The second kappa shape index (κ2) is 12.2. The lowest BCUT2D eigenvalue weighted by molar-refractivity contribution is -0.135. The second-order valence-corrected chi connectivity index (χ2v) is 11.9. The summed E-state index contributed by atoms with van der Waals surface area (Å²) in [5.74, 6) is 1.70. The molecule has 2 amide bonds. The van der Waals surface area contributed by atoms with E-state index in [1.54, 1.807) is 12.0 Å². The number of piperazine rings is 1. The van der Waals surface area contributed by atoms with Gasteiger partial charge in [-0.2, -0.15) is 0 Å². The van der Waals surface area contributed by atoms with Gasteiger partial charge in [0, 0.05) is 63.8 Å². The molecule has 2 aromatic rings. The van der Waals surface area contributed by atoms with Crippen molar-refractivity contribution in [3.05, 3.63) is 53.6 Å². The smallest absolute Gasteiger partial charge is 0.236 e. The molecule has 1 unspecified atom stereocenters. The van der Waals surface area contributed by atoms with E-state index in [1.165, 1.54) is 12.8 Å². The van der Waals surface area contributed by atoms with E-state index >= 15 is 0 Å². The lowest BCUT2D eigenvalue weighted by Gasteiger charge is -2.41. The Kier molecular flexibility index (Phi) is 8.66. The van der Waals surface area contributed by atoms with Gasteiger partial charge in [-0.25, -0.2) is 0 Å². The van der Waals surface area contributed by atoms with Crippen molar-refractivity contribution >= 4 is 23.2 Å². The van der Waals surface area contributed by atoms with Crippen LogP contribution in [0.5, 0.6) is 5.75 Å². The Morgan fingerprint density at radius 3 is 2.35 bits per heavy atom. The van der Waals surface area contributed by atoms with Gasteiger partial charge in [-0.3, -0.25) is 19.4 Å². The highest BCUT2D eigenvalue weighted by atomic mass is 16.5. The number of carbonyl (C=O) groups excluding carboxylic acids is 2. The topological polar surface area (TPSA) is 65.6 Å². The summed E-state index contributed by atoms with van der Waals surface area (Å²) in [5, 5.41) is 0. The van der Waals surface area contributed by atoms with Crippen LogP contribution in [-0.4, -0.2) is 81.1 Å². The summed E-state index contributed by atoms with van der Waals surface area (Å²) in [4.78, 5) is 33.7. The summed E-state index contributed by atoms with van der Waals surface area (Å²) in [6, 6.07) is 14.7. The van der Waals surface area contributed by atoms with Gasteiger partial charge in [0.15, 0.2) is 6.23 Å². The number of nitrogens with zero attached hydrogens (tertiary/aromatic N) is 4. The lowest BCUT2D eigenvalue weighted by Crippen LogP contribution is -2.53. The Hall–Kier alpha value is -3.10. The van der Waals surface area contributed by atoms with Gasteiger partial charge >= 0.3 is 0 Å². The highest BCUT2D eigenvalue weighted by molar-refractivity contribution is 5.97. The molecule has 1 aliphatic carbocycles. The summed E-state index contributed by atoms with van der Waals surface area (Å²) in [6.45, 7) is 7.41. The Balaban J connectivity index is 1.20. The first-order chi connectivity index (χ1) is 19.2. The molecule has 2 aliphatic heterocycles. The first kappa shape index (κ1) is 28.4. The average molecular weight is 549 g/mol. The molecule has 2 heterocycles. The lowest BCUT2D eigenvalue weighted by atomic mass is 9.84. The summed E-state index contributed by atoms with van der Waals surface area (Å²) >= 11 is 0. The zero-order valence-electron chi connectivity index (χ0n) is 24.6. The minimum Gasteiger partial charge on any atom is -0.491 e. The molecule has 1 saturated heterocycles. The number of hydrogen-bond acceptors (Lipinski definition) is 6. The summed E-state index contributed by atoms with van der Waals surface area (Å²) < 4.78 is 11.8. The molecule has 5 rings (SSSR count). The molecule has 8 nitrogen and oxygen atoms in total. The Morgan fingerprint density at radius 1 is 0.975 bits per heavy atom. The van der Waals surface area contributed by atoms with Crippen LogP contribution in [0.25, 0.3) is 0 Å². The van der Waals surface area contributed by atoms with Gasteiger partial charge in [0.05, 0.1) is 19.1 Å². The van der Waals surface area contributed by atoms with Gasteiger partial charge in [0.1, 0.15) is 5.75 Å². The van der Waals surface area contributed by atoms with E-state index in [9.17, 15) is 9.59 Å². The number of likely N-dealkylation sites (N-methyl/N-ethyl adjacent to an activating group) is 1. The number of ether oxygens (including phenoxy) is 2. The maximum atomic E-state index is 13.2. The van der Waals surface area contributed by atoms with Crippen molar-refractivity contribution in [1.29, 1.82) is 0 Å². The highest BCUT2D eigenvalue weighted by Gasteiger charge is 2.34. The van der Waals surface area contributed by atoms with Crippen LogP contribution >= 0.6 is 0 Å². The number of benzene rings is 2. The molecular weight excluding hydrogens is 504 g/mol. The summed E-state index contributed by atoms with van der Waals surface area (Å²) in [6.07, 6.45) is 4.61. The number of rotatable bonds is 8. The third-order valence-corrected chi connectivity index (χ3v) is 8.74. The monoisotopic (exact) mass is 548 g/mol. The molecule has 2 fully saturated rings. The van der Waals surface area contributed by atoms with Crippen molar-refractivity contribution in [2.45, 2.75) is 64.3 Å². The fraction of sp³-hybridized carbons (Fsp3) is 0.562. The first-order valence-corrected chi connectivity index (χ1v) is 14.7. The van der Waals surface area contributed by atoms with Crippen LogP contribution in [0.2, 0.25) is 0 Å². The quantitative estimate of drug-likeness (QED) is 0.485. The van der Waals surface area contributed by atoms with Crippen molar-refractivity contribution in [3.8, 4) is 5.75 Å². The third kappa shape index (κ3) is 6.13. The van der Waals surface area contributed by atoms with E-state index in [-0.39, 0.29) is 17.9 Å². The van der Waals surface area contributed by atoms with Gasteiger partial charge in [-0.05, 0) is 87.4 Å². The molecule has 0 N–H and O–H groups in total. The van der Waals surface area contributed by atoms with Gasteiger partial charge in [0.25, 0.3) is 0 Å². The average Bonchev–Trinajstić information content (AvgIpc) is 2.94. The van der Waals surface area contributed by atoms with Crippen molar-refractivity contribution in [1.82, 2.24) is 9.80 Å². The number of amides is 2. The van der Waals surface area contributed by atoms with Crippen LogP contribution in [0.1, 0.15) is 56.9 Å². The molecule has 1 atom stereocenters. The Labute approximate surface area is 238 Å². The largest absolute Gasteiger partial charge is 0.491 e. The second-order valence-electron chi connectivity index (χ2n) is 11.9. The van der Waals surface area contributed by atoms with Crippen LogP contribution < -0.4 is 14.5 Å². The number of carbonyl (C=O) groups is 2. The van der Waals surface area contributed by atoms with Crippen molar-refractivity contribution in [2.75, 3.05) is 57.2 Å². The number of fused-ring (bicyclic) bond motifs is 1. The molecule has 40 heavy (non-hydrogen) atoms. The van der Waals surface area contributed by atoms with Gasteiger partial charge in [0.2, 0.25) is 11.8 Å². The fourth-order valence-electron chi connectivity index (χ4n) is 6.48. The highest BCUT2D eigenvalue weighted by Crippen LogP contribution is 2.38. The van der Waals surface area contributed by atoms with Gasteiger partial charge in [-0.15, -0.1) is 0 Å². The molecule has 1 saturated carbocycles. The van der Waals surface area contributed by atoms with E-state index in [2.05, 4.69) is 29.0 Å². The normalized spacial score (nSPS) is 23.9. The van der Waals surface area contributed by atoms with E-state index in [0.717, 1.165) is 60.7 Å². The summed E-state index contributed by atoms with van der Waals surface area (Å²) in [7, 11) is 5.70. The van der Waals surface area contributed by atoms with Crippen LogP contribution in [0.3, 0.4) is 0 Å². The van der Waals surface area contributed by atoms with E-state index in [0.29, 0.717) is 24.9 Å². The van der Waals surface area contributed by atoms with Crippen molar-refractivity contribution in [2.24, 2.45) is 5.92 Å². The maximum absolute atomic E-state index is 13.2. The minimum atomic E-state index is -0.499. The summed E-state index contributed by atoms with van der Waals surface area (Å²) in [5.41, 5.74) is 3.92. The Bertz CT molecular complexity index is 1190. The van der Waals surface area contributed by atoms with E-state index < -0.39 is 6.23 Å². The number of methoxy groups -OCH3 is 1. The fourth-order valence-corrected chi connectivity index (χ4v) is 6.48. The predicted molar refractivity (Wildman–Crippen MR) is 158 cm³/mol. The van der Waals surface area contributed by atoms with Crippen molar-refractivity contribution < 1.29 is 19.1 Å². The zero-order chi connectivity index (χ0) is 28.4. The van der Waals surface area contributed by atoms with E-state index in [1.807, 2.05) is 56.1 Å². The Morgan fingerprint density at radius 2 is 1.70 bits per heavy atom.